The van der Waals surface area contributed by atoms with Gasteiger partial charge >= 0.3 is 0 Å². The summed E-state index contributed by atoms with van der Waals surface area (Å²) >= 11 is 5.99. The molecule has 2 nitrogen and oxygen atoms in total. The van der Waals surface area contributed by atoms with E-state index in [1.54, 1.807) is 6.92 Å². The van der Waals surface area contributed by atoms with Crippen LogP contribution in [0.3, 0.4) is 0 Å². The highest BCUT2D eigenvalue weighted by Gasteiger charge is 2.24. The zero-order valence-corrected chi connectivity index (χ0v) is 12.3. The van der Waals surface area contributed by atoms with Crippen LogP contribution in [0.25, 0.3) is 10.9 Å². The Morgan fingerprint density at radius 2 is 1.88 bits per heavy atom. The lowest BCUT2D eigenvalue weighted by Crippen LogP contribution is -2.44. The average molecular weight is 266 g/mol. The van der Waals surface area contributed by atoms with Gasteiger partial charge in [-0.1, -0.05) is 31.2 Å². The predicted molar refractivity (Wildman–Crippen MR) is 76.2 cm³/mol. The fourth-order valence-electron chi connectivity index (χ4n) is 2.08. The highest BCUT2D eigenvalue weighted by molar-refractivity contribution is 6.88. The molecule has 0 bridgehead atoms. The van der Waals surface area contributed by atoms with Crippen molar-refractivity contribution in [3.05, 3.63) is 29.3 Å². The Morgan fingerprint density at radius 3 is 2.41 bits per heavy atom. The minimum atomic E-state index is -1.54. The fraction of sp³-hybridized carbons (Fsp3) is 0.308. The van der Waals surface area contributed by atoms with Crippen LogP contribution in [-0.2, 0) is 0 Å². The Hall–Kier alpha value is -1.06. The van der Waals surface area contributed by atoms with Crippen molar-refractivity contribution in [2.45, 2.75) is 26.6 Å². The van der Waals surface area contributed by atoms with Gasteiger partial charge in [-0.25, -0.2) is 0 Å². The maximum absolute atomic E-state index is 11.8. The van der Waals surface area contributed by atoms with E-state index in [9.17, 15) is 4.79 Å². The summed E-state index contributed by atoms with van der Waals surface area (Å²) in [4.78, 5) is 11.8. The summed E-state index contributed by atoms with van der Waals surface area (Å²) in [6.45, 7) is 8.32. The Labute approximate surface area is 107 Å². The van der Waals surface area contributed by atoms with Gasteiger partial charge in [0.15, 0.2) is 0 Å². The second-order valence-corrected chi connectivity index (χ2v) is 10.8. The van der Waals surface area contributed by atoms with Gasteiger partial charge in [0.05, 0.1) is 13.6 Å². The van der Waals surface area contributed by atoms with Crippen molar-refractivity contribution in [1.82, 2.24) is 4.57 Å². The van der Waals surface area contributed by atoms with Gasteiger partial charge in [-0.05, 0) is 24.3 Å². The van der Waals surface area contributed by atoms with E-state index in [-0.39, 0.29) is 5.91 Å². The van der Waals surface area contributed by atoms with Gasteiger partial charge in [0.25, 0.3) is 0 Å². The van der Waals surface area contributed by atoms with E-state index >= 15 is 0 Å². The van der Waals surface area contributed by atoms with Crippen LogP contribution < -0.4 is 5.32 Å². The minimum Gasteiger partial charge on any atom is -0.289 e. The molecule has 0 aliphatic carbocycles. The molecule has 0 radical (unpaired) electrons. The number of aromatic nitrogens is 1. The smallest absolute Gasteiger partial charge is 0.227 e. The van der Waals surface area contributed by atoms with E-state index in [0.29, 0.717) is 5.02 Å². The van der Waals surface area contributed by atoms with E-state index in [1.807, 2.05) is 22.8 Å². The van der Waals surface area contributed by atoms with E-state index in [1.165, 1.54) is 0 Å². The summed E-state index contributed by atoms with van der Waals surface area (Å²) in [5.74, 6) is 0.0692. The molecule has 1 aromatic heterocycles. The van der Waals surface area contributed by atoms with Crippen molar-refractivity contribution in [3.63, 3.8) is 0 Å². The first kappa shape index (κ1) is 12.4. The second-order valence-electron chi connectivity index (χ2n) is 5.34. The molecular formula is C13H16ClNOSi. The zero-order valence-electron chi connectivity index (χ0n) is 10.5. The standard InChI is InChI=1S/C13H16ClNOSi/c1-9(16)15-12-6-5-11(14)7-10(12)8-13(15)17(2,3)4/h5-8H,1-4H3. The highest BCUT2D eigenvalue weighted by Crippen LogP contribution is 2.21. The van der Waals surface area contributed by atoms with Crippen LogP contribution in [0, 0.1) is 0 Å². The number of fused-ring (bicyclic) bond motifs is 1. The molecular weight excluding hydrogens is 250 g/mol. The third-order valence-electron chi connectivity index (χ3n) is 2.85. The maximum atomic E-state index is 11.8. The topological polar surface area (TPSA) is 22.0 Å². The summed E-state index contributed by atoms with van der Waals surface area (Å²) in [6.07, 6.45) is 0. The SMILES string of the molecule is CC(=O)n1c([Si](C)(C)C)cc2cc(Cl)ccc21. The first-order valence-electron chi connectivity index (χ1n) is 5.63. The highest BCUT2D eigenvalue weighted by atomic mass is 35.5. The number of carbonyl (C=O) groups excluding carboxylic acids is 1. The third-order valence-corrected chi connectivity index (χ3v) is 4.99. The number of hydrogen-bond donors (Lipinski definition) is 0. The van der Waals surface area contributed by atoms with Gasteiger partial charge in [-0.3, -0.25) is 9.36 Å². The van der Waals surface area contributed by atoms with Crippen LogP contribution in [0.2, 0.25) is 24.7 Å². The number of carbonyl (C=O) groups is 1. The molecule has 17 heavy (non-hydrogen) atoms. The van der Waals surface area contributed by atoms with Gasteiger partial charge in [-0.2, -0.15) is 0 Å². The lowest BCUT2D eigenvalue weighted by Gasteiger charge is -2.18. The maximum Gasteiger partial charge on any atom is 0.227 e. The molecule has 1 heterocycles. The van der Waals surface area contributed by atoms with E-state index in [2.05, 4.69) is 25.7 Å². The van der Waals surface area contributed by atoms with E-state index < -0.39 is 8.07 Å². The van der Waals surface area contributed by atoms with Crippen molar-refractivity contribution in [3.8, 4) is 0 Å². The average Bonchev–Trinajstić information content (AvgIpc) is 2.55. The summed E-state index contributed by atoms with van der Waals surface area (Å²) in [5.41, 5.74) is 0.958. The molecule has 0 saturated heterocycles. The molecule has 0 fully saturated rings. The van der Waals surface area contributed by atoms with Crippen LogP contribution in [0.5, 0.6) is 0 Å². The molecule has 0 atom stereocenters. The Kier molecular flexibility index (Phi) is 2.92. The molecule has 0 saturated carbocycles. The molecule has 0 aliphatic heterocycles. The van der Waals surface area contributed by atoms with Crippen molar-refractivity contribution in [2.24, 2.45) is 0 Å². The van der Waals surface area contributed by atoms with Crippen molar-refractivity contribution >= 4 is 41.8 Å². The monoisotopic (exact) mass is 265 g/mol. The Balaban J connectivity index is 2.84. The number of halogens is 1. The molecule has 0 unspecified atom stereocenters. The molecule has 0 amide bonds. The van der Waals surface area contributed by atoms with Gasteiger partial charge in [0.2, 0.25) is 5.91 Å². The van der Waals surface area contributed by atoms with Crippen molar-refractivity contribution < 1.29 is 4.79 Å². The Bertz CT molecular complexity index is 595. The summed E-state index contributed by atoms with van der Waals surface area (Å²) in [7, 11) is -1.54. The normalized spacial score (nSPS) is 12.1. The van der Waals surface area contributed by atoms with Crippen LogP contribution in [0.15, 0.2) is 24.3 Å². The first-order valence-corrected chi connectivity index (χ1v) is 9.51. The summed E-state index contributed by atoms with van der Waals surface area (Å²) in [5, 5.41) is 2.91. The van der Waals surface area contributed by atoms with Crippen molar-refractivity contribution in [2.75, 3.05) is 0 Å². The summed E-state index contributed by atoms with van der Waals surface area (Å²) < 4.78 is 1.83. The lowest BCUT2D eigenvalue weighted by molar-refractivity contribution is 0.0944. The van der Waals surface area contributed by atoms with E-state index in [4.69, 9.17) is 11.6 Å². The number of nitrogens with zero attached hydrogens (tertiary/aromatic N) is 1. The van der Waals surface area contributed by atoms with Gasteiger partial charge in [0, 0.05) is 22.6 Å². The Morgan fingerprint density at radius 1 is 1.24 bits per heavy atom. The first-order chi connectivity index (χ1) is 7.80. The van der Waals surface area contributed by atoms with Crippen LogP contribution in [-0.4, -0.2) is 18.5 Å². The molecule has 0 N–H and O–H groups in total. The van der Waals surface area contributed by atoms with E-state index in [0.717, 1.165) is 16.2 Å². The lowest BCUT2D eigenvalue weighted by atomic mass is 10.2. The number of rotatable bonds is 1. The van der Waals surface area contributed by atoms with Gasteiger partial charge in [0.1, 0.15) is 0 Å². The largest absolute Gasteiger partial charge is 0.289 e. The summed E-state index contributed by atoms with van der Waals surface area (Å²) in [6, 6.07) is 7.77. The van der Waals surface area contributed by atoms with Crippen LogP contribution in [0.4, 0.5) is 0 Å². The van der Waals surface area contributed by atoms with Crippen LogP contribution >= 0.6 is 11.6 Å². The zero-order chi connectivity index (χ0) is 12.8. The van der Waals surface area contributed by atoms with Crippen molar-refractivity contribution in [1.29, 1.82) is 0 Å². The minimum absolute atomic E-state index is 0.0692. The van der Waals surface area contributed by atoms with Gasteiger partial charge < -0.3 is 0 Å². The molecule has 0 aliphatic rings. The molecule has 1 aromatic carbocycles. The molecule has 2 aromatic rings. The third kappa shape index (κ3) is 2.17. The fourth-order valence-corrected chi connectivity index (χ4v) is 3.80. The number of benzene rings is 1. The quantitative estimate of drug-likeness (QED) is 0.724. The van der Waals surface area contributed by atoms with Gasteiger partial charge in [-0.15, -0.1) is 0 Å². The predicted octanol–water partition coefficient (Wildman–Crippen LogP) is 3.50. The van der Waals surface area contributed by atoms with Crippen LogP contribution in [0.1, 0.15) is 11.7 Å². The molecule has 0 spiro atoms. The second kappa shape index (κ2) is 4.00. The number of hydrogen-bond acceptors (Lipinski definition) is 1. The molecule has 90 valence electrons. The molecule has 2 rings (SSSR count). The molecule has 4 heteroatoms.